The van der Waals surface area contributed by atoms with Gasteiger partial charge < -0.3 is 15.0 Å². The molecule has 2 amide bonds. The van der Waals surface area contributed by atoms with Gasteiger partial charge in [-0.2, -0.15) is 0 Å². The first-order valence-corrected chi connectivity index (χ1v) is 11.3. The summed E-state index contributed by atoms with van der Waals surface area (Å²) in [7, 11) is 0. The molecule has 2 aromatic rings. The van der Waals surface area contributed by atoms with E-state index in [4.69, 9.17) is 4.74 Å². The standard InChI is InChI=1S/C23H24N2O4S/c26-17-13-29-18-10-11-25(21(17)18)23(28)16(12-14-6-7-14)24-22(27)20-9-8-19(30-20)15-4-2-1-3-5-15/h1-5,8-9,14,16,18,21H,6-7,10-13H2,(H,24,27). The highest BCUT2D eigenvalue weighted by molar-refractivity contribution is 7.17. The Bertz CT molecular complexity index is 969. The van der Waals surface area contributed by atoms with Crippen molar-refractivity contribution >= 4 is 28.9 Å². The van der Waals surface area contributed by atoms with Crippen LogP contribution < -0.4 is 5.32 Å². The van der Waals surface area contributed by atoms with Gasteiger partial charge in [0.1, 0.15) is 18.7 Å². The molecule has 2 saturated heterocycles. The zero-order valence-electron chi connectivity index (χ0n) is 16.6. The fourth-order valence-electron chi connectivity index (χ4n) is 4.40. The number of hydrogen-bond acceptors (Lipinski definition) is 5. The number of nitrogens with one attached hydrogen (secondary N) is 1. The molecule has 156 valence electrons. The summed E-state index contributed by atoms with van der Waals surface area (Å²) >= 11 is 1.42. The molecular weight excluding hydrogens is 400 g/mol. The van der Waals surface area contributed by atoms with Gasteiger partial charge in [-0.3, -0.25) is 14.4 Å². The smallest absolute Gasteiger partial charge is 0.262 e. The van der Waals surface area contributed by atoms with Crippen LogP contribution in [0.3, 0.4) is 0 Å². The molecule has 0 radical (unpaired) electrons. The van der Waals surface area contributed by atoms with Gasteiger partial charge in [-0.1, -0.05) is 43.2 Å². The predicted octanol–water partition coefficient (Wildman–Crippen LogP) is 2.88. The maximum atomic E-state index is 13.3. The SMILES string of the molecule is O=C(NC(CC1CC1)C(=O)N1CCC2OCC(=O)C21)c1ccc(-c2ccccc2)s1. The van der Waals surface area contributed by atoms with Gasteiger partial charge in [0.25, 0.3) is 5.91 Å². The molecule has 30 heavy (non-hydrogen) atoms. The summed E-state index contributed by atoms with van der Waals surface area (Å²) in [6.45, 7) is 0.588. The van der Waals surface area contributed by atoms with Crippen molar-refractivity contribution in [3.63, 3.8) is 0 Å². The van der Waals surface area contributed by atoms with Crippen LogP contribution in [0.5, 0.6) is 0 Å². The number of amides is 2. The van der Waals surface area contributed by atoms with E-state index in [2.05, 4.69) is 5.32 Å². The molecular formula is C23H24N2O4S. The van der Waals surface area contributed by atoms with E-state index in [9.17, 15) is 14.4 Å². The number of ether oxygens (including phenoxy) is 1. The van der Waals surface area contributed by atoms with E-state index in [0.717, 1.165) is 23.3 Å². The number of carbonyl (C=O) groups excluding carboxylic acids is 3. The number of thiophene rings is 1. The van der Waals surface area contributed by atoms with Gasteiger partial charge in [-0.25, -0.2) is 0 Å². The van der Waals surface area contributed by atoms with Crippen LogP contribution >= 0.6 is 11.3 Å². The van der Waals surface area contributed by atoms with Crippen molar-refractivity contribution in [2.24, 2.45) is 5.92 Å². The van der Waals surface area contributed by atoms with Crippen LogP contribution in [0.15, 0.2) is 42.5 Å². The quantitative estimate of drug-likeness (QED) is 0.774. The topological polar surface area (TPSA) is 75.7 Å². The second-order valence-electron chi connectivity index (χ2n) is 8.32. The zero-order valence-corrected chi connectivity index (χ0v) is 17.4. The first kappa shape index (κ1) is 19.5. The molecule has 3 aliphatic rings. The van der Waals surface area contributed by atoms with E-state index in [-0.39, 0.29) is 30.3 Å². The largest absolute Gasteiger partial charge is 0.368 e. The summed E-state index contributed by atoms with van der Waals surface area (Å²) in [6, 6.07) is 12.6. The van der Waals surface area contributed by atoms with Gasteiger partial charge in [-0.15, -0.1) is 11.3 Å². The maximum Gasteiger partial charge on any atom is 0.262 e. The van der Waals surface area contributed by atoms with Crippen molar-refractivity contribution < 1.29 is 19.1 Å². The Morgan fingerprint density at radius 3 is 2.70 bits per heavy atom. The molecule has 5 rings (SSSR count). The van der Waals surface area contributed by atoms with E-state index in [0.29, 0.717) is 30.2 Å². The highest BCUT2D eigenvalue weighted by Gasteiger charge is 2.48. The zero-order chi connectivity index (χ0) is 20.7. The first-order valence-electron chi connectivity index (χ1n) is 10.5. The number of likely N-dealkylation sites (tertiary alicyclic amines) is 1. The number of benzene rings is 1. The number of carbonyl (C=O) groups is 3. The minimum atomic E-state index is -0.598. The van der Waals surface area contributed by atoms with Crippen LogP contribution in [0.25, 0.3) is 10.4 Å². The van der Waals surface area contributed by atoms with Gasteiger partial charge in [0.05, 0.1) is 11.0 Å². The number of rotatable bonds is 6. The Hall–Kier alpha value is -2.51. The van der Waals surface area contributed by atoms with E-state index in [1.165, 1.54) is 11.3 Å². The molecule has 3 heterocycles. The molecule has 0 spiro atoms. The summed E-state index contributed by atoms with van der Waals surface area (Å²) in [5.41, 5.74) is 1.06. The van der Waals surface area contributed by atoms with Crippen molar-refractivity contribution in [2.45, 2.75) is 43.9 Å². The fraction of sp³-hybridized carbons (Fsp3) is 0.435. The Morgan fingerprint density at radius 1 is 1.13 bits per heavy atom. The monoisotopic (exact) mass is 424 g/mol. The van der Waals surface area contributed by atoms with Crippen LogP contribution in [0, 0.1) is 5.92 Å². The number of hydrogen-bond donors (Lipinski definition) is 1. The Labute approximate surface area is 179 Å². The lowest BCUT2D eigenvalue weighted by Crippen LogP contribution is -2.52. The van der Waals surface area contributed by atoms with Crippen molar-refractivity contribution in [1.82, 2.24) is 10.2 Å². The lowest BCUT2D eigenvalue weighted by Gasteiger charge is -2.27. The van der Waals surface area contributed by atoms with Crippen molar-refractivity contribution in [3.05, 3.63) is 47.3 Å². The highest BCUT2D eigenvalue weighted by atomic mass is 32.1. The van der Waals surface area contributed by atoms with E-state index < -0.39 is 12.1 Å². The molecule has 0 bridgehead atoms. The average molecular weight is 425 g/mol. The van der Waals surface area contributed by atoms with Crippen LogP contribution in [-0.4, -0.2) is 53.8 Å². The molecule has 1 aromatic carbocycles. The number of ketones is 1. The Morgan fingerprint density at radius 2 is 1.93 bits per heavy atom. The summed E-state index contributed by atoms with van der Waals surface area (Å²) in [6.07, 6.45) is 3.29. The van der Waals surface area contributed by atoms with Gasteiger partial charge in [0.15, 0.2) is 5.78 Å². The molecule has 1 saturated carbocycles. The molecule has 6 nitrogen and oxygen atoms in total. The molecule has 3 unspecified atom stereocenters. The third kappa shape index (κ3) is 3.79. The molecule has 3 fully saturated rings. The molecule has 2 aliphatic heterocycles. The number of nitrogens with zero attached hydrogens (tertiary/aromatic N) is 1. The van der Waals surface area contributed by atoms with Gasteiger partial charge in [-0.05, 0) is 36.5 Å². The lowest BCUT2D eigenvalue weighted by atomic mass is 10.1. The highest BCUT2D eigenvalue weighted by Crippen LogP contribution is 2.35. The molecule has 1 N–H and O–H groups in total. The van der Waals surface area contributed by atoms with E-state index in [1.54, 1.807) is 11.0 Å². The van der Waals surface area contributed by atoms with Crippen LogP contribution in [0.2, 0.25) is 0 Å². The average Bonchev–Trinajstić information content (AvgIpc) is 3.16. The third-order valence-corrected chi connectivity index (χ3v) is 7.29. The molecule has 7 heteroatoms. The molecule has 3 atom stereocenters. The molecule has 1 aliphatic carbocycles. The van der Waals surface area contributed by atoms with E-state index in [1.807, 2.05) is 36.4 Å². The van der Waals surface area contributed by atoms with Crippen molar-refractivity contribution in [2.75, 3.05) is 13.2 Å². The first-order chi connectivity index (χ1) is 14.6. The number of Topliss-reactive ketones (excluding diaryl/α,β-unsaturated/α-hetero) is 1. The second kappa shape index (κ2) is 7.96. The van der Waals surface area contributed by atoms with Crippen LogP contribution in [0.1, 0.15) is 35.4 Å². The minimum absolute atomic E-state index is 0.0342. The van der Waals surface area contributed by atoms with E-state index >= 15 is 0 Å². The Kier molecular flexibility index (Phi) is 5.16. The van der Waals surface area contributed by atoms with Crippen molar-refractivity contribution in [1.29, 1.82) is 0 Å². The summed E-state index contributed by atoms with van der Waals surface area (Å²) in [5.74, 6) is 0.0527. The predicted molar refractivity (Wildman–Crippen MR) is 113 cm³/mol. The fourth-order valence-corrected chi connectivity index (χ4v) is 5.31. The second-order valence-corrected chi connectivity index (χ2v) is 9.40. The maximum absolute atomic E-state index is 13.3. The Balaban J connectivity index is 1.31. The van der Waals surface area contributed by atoms with Crippen molar-refractivity contribution in [3.8, 4) is 10.4 Å². The minimum Gasteiger partial charge on any atom is -0.368 e. The summed E-state index contributed by atoms with van der Waals surface area (Å²) in [5, 5.41) is 2.97. The lowest BCUT2D eigenvalue weighted by molar-refractivity contribution is -0.138. The third-order valence-electron chi connectivity index (χ3n) is 6.15. The van der Waals surface area contributed by atoms with Crippen LogP contribution in [-0.2, 0) is 14.3 Å². The summed E-state index contributed by atoms with van der Waals surface area (Å²) in [4.78, 5) is 41.7. The normalized spacial score (nSPS) is 24.0. The van der Waals surface area contributed by atoms with Gasteiger partial charge in [0, 0.05) is 11.4 Å². The van der Waals surface area contributed by atoms with Crippen LogP contribution in [0.4, 0.5) is 0 Å². The number of fused-ring (bicyclic) bond motifs is 1. The molecule has 1 aromatic heterocycles. The summed E-state index contributed by atoms with van der Waals surface area (Å²) < 4.78 is 5.51. The van der Waals surface area contributed by atoms with Gasteiger partial charge in [0.2, 0.25) is 5.91 Å². The van der Waals surface area contributed by atoms with Gasteiger partial charge >= 0.3 is 0 Å².